The van der Waals surface area contributed by atoms with Crippen molar-refractivity contribution in [3.8, 4) is 11.5 Å². The van der Waals surface area contributed by atoms with E-state index in [0.717, 1.165) is 19.3 Å². The minimum absolute atomic E-state index is 0.0935. The zero-order valence-corrected chi connectivity index (χ0v) is 15.1. The predicted molar refractivity (Wildman–Crippen MR) is 94.2 cm³/mol. The number of amides is 5. The highest BCUT2D eigenvalue weighted by Gasteiger charge is 2.52. The van der Waals surface area contributed by atoms with Crippen molar-refractivity contribution in [1.82, 2.24) is 21.1 Å². The van der Waals surface area contributed by atoms with Gasteiger partial charge in [0.1, 0.15) is 5.54 Å². The molecular formula is C18H20N4O6. The Labute approximate surface area is 160 Å². The molecule has 2 fully saturated rings. The van der Waals surface area contributed by atoms with Gasteiger partial charge in [0.2, 0.25) is 6.79 Å². The van der Waals surface area contributed by atoms with Crippen molar-refractivity contribution in [2.75, 3.05) is 13.3 Å². The molecule has 1 spiro atoms. The van der Waals surface area contributed by atoms with Crippen LogP contribution in [-0.2, 0) is 9.59 Å². The number of urea groups is 1. The number of hydrogen-bond acceptors (Lipinski definition) is 6. The van der Waals surface area contributed by atoms with Gasteiger partial charge in [-0.3, -0.25) is 19.8 Å². The van der Waals surface area contributed by atoms with Crippen LogP contribution in [0.5, 0.6) is 11.5 Å². The zero-order chi connectivity index (χ0) is 19.7. The largest absolute Gasteiger partial charge is 0.454 e. The summed E-state index contributed by atoms with van der Waals surface area (Å²) in [5.74, 6) is -0.619. The lowest BCUT2D eigenvalue weighted by Gasteiger charge is -2.30. The van der Waals surface area contributed by atoms with Gasteiger partial charge in [-0.1, -0.05) is 19.3 Å². The summed E-state index contributed by atoms with van der Waals surface area (Å²) in [4.78, 5) is 49.1. The standard InChI is InChI=1S/C18H20N4O6/c23-14(9-19-15(24)11-4-5-12-13(8-11)28-10-27-12)21-22-16(25)18(20-17(22)26)6-2-1-3-7-18/h4-5,8H,1-3,6-7,9-10H2,(H,19,24)(H,20,26)(H,21,23). The van der Waals surface area contributed by atoms with Crippen LogP contribution in [0.15, 0.2) is 18.2 Å². The second kappa shape index (κ2) is 7.02. The Morgan fingerprint density at radius 1 is 1.11 bits per heavy atom. The Morgan fingerprint density at radius 2 is 1.86 bits per heavy atom. The molecule has 2 heterocycles. The summed E-state index contributed by atoms with van der Waals surface area (Å²) in [6.45, 7) is -0.298. The average Bonchev–Trinajstić information content (AvgIpc) is 3.25. The van der Waals surface area contributed by atoms with E-state index in [1.807, 2.05) is 0 Å². The fourth-order valence-corrected chi connectivity index (χ4v) is 3.68. The van der Waals surface area contributed by atoms with Crippen LogP contribution in [0.1, 0.15) is 42.5 Å². The fraction of sp³-hybridized carbons (Fsp3) is 0.444. The summed E-state index contributed by atoms with van der Waals surface area (Å²) < 4.78 is 10.4. The van der Waals surface area contributed by atoms with E-state index in [1.54, 1.807) is 12.1 Å². The van der Waals surface area contributed by atoms with Crippen LogP contribution in [0, 0.1) is 0 Å². The molecule has 0 atom stereocenters. The maximum absolute atomic E-state index is 12.6. The summed E-state index contributed by atoms with van der Waals surface area (Å²) in [6, 6.07) is 4.02. The molecule has 148 valence electrons. The van der Waals surface area contributed by atoms with Gasteiger partial charge in [0.05, 0.1) is 6.54 Å². The first-order valence-electron chi connectivity index (χ1n) is 9.13. The molecule has 0 radical (unpaired) electrons. The first-order chi connectivity index (χ1) is 13.5. The normalized spacial score (nSPS) is 19.5. The molecule has 10 heteroatoms. The number of nitrogens with zero attached hydrogens (tertiary/aromatic N) is 1. The number of fused-ring (bicyclic) bond motifs is 1. The van der Waals surface area contributed by atoms with Gasteiger partial charge < -0.3 is 20.1 Å². The molecular weight excluding hydrogens is 368 g/mol. The third-order valence-corrected chi connectivity index (χ3v) is 5.15. The van der Waals surface area contributed by atoms with Crippen molar-refractivity contribution in [3.63, 3.8) is 0 Å². The molecule has 3 aliphatic rings. The first-order valence-corrected chi connectivity index (χ1v) is 9.13. The number of ether oxygens (including phenoxy) is 2. The molecule has 0 bridgehead atoms. The number of hydrazine groups is 1. The van der Waals surface area contributed by atoms with Crippen LogP contribution in [0.4, 0.5) is 4.79 Å². The van der Waals surface area contributed by atoms with Gasteiger partial charge in [-0.25, -0.2) is 4.79 Å². The molecule has 10 nitrogen and oxygen atoms in total. The van der Waals surface area contributed by atoms with E-state index in [2.05, 4.69) is 16.1 Å². The number of carbonyl (C=O) groups excluding carboxylic acids is 4. The summed E-state index contributed by atoms with van der Waals surface area (Å²) in [5.41, 5.74) is 1.65. The third-order valence-electron chi connectivity index (χ3n) is 5.15. The summed E-state index contributed by atoms with van der Waals surface area (Å²) >= 11 is 0. The lowest BCUT2D eigenvalue weighted by atomic mass is 9.82. The van der Waals surface area contributed by atoms with E-state index < -0.39 is 35.8 Å². The maximum atomic E-state index is 12.6. The lowest BCUT2D eigenvalue weighted by molar-refractivity contribution is -0.139. The van der Waals surface area contributed by atoms with Crippen molar-refractivity contribution in [2.45, 2.75) is 37.6 Å². The number of carbonyl (C=O) groups is 4. The quantitative estimate of drug-likeness (QED) is 0.642. The van der Waals surface area contributed by atoms with E-state index in [1.165, 1.54) is 6.07 Å². The van der Waals surface area contributed by atoms with Gasteiger partial charge in [0, 0.05) is 5.56 Å². The first kappa shape index (κ1) is 18.1. The molecule has 1 aliphatic carbocycles. The number of benzene rings is 1. The SMILES string of the molecule is O=C(CNC(=O)c1ccc2c(c1)OCO2)NN1C(=O)NC2(CCCCC2)C1=O. The van der Waals surface area contributed by atoms with E-state index in [-0.39, 0.29) is 6.79 Å². The molecule has 3 N–H and O–H groups in total. The van der Waals surface area contributed by atoms with Crippen molar-refractivity contribution < 1.29 is 28.7 Å². The van der Waals surface area contributed by atoms with Crippen molar-refractivity contribution >= 4 is 23.8 Å². The van der Waals surface area contributed by atoms with Crippen LogP contribution < -0.4 is 25.5 Å². The van der Waals surface area contributed by atoms with Crippen molar-refractivity contribution in [1.29, 1.82) is 0 Å². The maximum Gasteiger partial charge on any atom is 0.344 e. The molecule has 28 heavy (non-hydrogen) atoms. The molecule has 1 aromatic carbocycles. The topological polar surface area (TPSA) is 126 Å². The molecule has 0 aromatic heterocycles. The average molecular weight is 388 g/mol. The van der Waals surface area contributed by atoms with Crippen molar-refractivity contribution in [2.24, 2.45) is 0 Å². The molecule has 0 unspecified atom stereocenters. The predicted octanol–water partition coefficient (Wildman–Crippen LogP) is 0.431. The smallest absolute Gasteiger partial charge is 0.344 e. The van der Waals surface area contributed by atoms with Crippen LogP contribution in [-0.4, -0.2) is 47.6 Å². The molecule has 1 aromatic rings. The van der Waals surface area contributed by atoms with Gasteiger partial charge in [0.15, 0.2) is 11.5 Å². The Kier molecular flexibility index (Phi) is 4.54. The van der Waals surface area contributed by atoms with Crippen LogP contribution in [0.25, 0.3) is 0 Å². The van der Waals surface area contributed by atoms with Gasteiger partial charge in [-0.05, 0) is 31.0 Å². The van der Waals surface area contributed by atoms with Gasteiger partial charge in [-0.15, -0.1) is 0 Å². The molecule has 5 amide bonds. The minimum atomic E-state index is -0.918. The Morgan fingerprint density at radius 3 is 2.64 bits per heavy atom. The number of nitrogens with one attached hydrogen (secondary N) is 3. The van der Waals surface area contributed by atoms with E-state index in [0.29, 0.717) is 34.9 Å². The Balaban J connectivity index is 1.32. The Bertz CT molecular complexity index is 848. The van der Waals surface area contributed by atoms with Crippen molar-refractivity contribution in [3.05, 3.63) is 23.8 Å². The number of imide groups is 1. The van der Waals surface area contributed by atoms with Crippen LogP contribution >= 0.6 is 0 Å². The van der Waals surface area contributed by atoms with Gasteiger partial charge >= 0.3 is 6.03 Å². The van der Waals surface area contributed by atoms with Gasteiger partial charge in [-0.2, -0.15) is 5.01 Å². The molecule has 1 saturated carbocycles. The number of rotatable bonds is 4. The minimum Gasteiger partial charge on any atom is -0.454 e. The van der Waals surface area contributed by atoms with E-state index in [9.17, 15) is 19.2 Å². The molecule has 1 saturated heterocycles. The van der Waals surface area contributed by atoms with Gasteiger partial charge in [0.25, 0.3) is 17.7 Å². The summed E-state index contributed by atoms with van der Waals surface area (Å²) in [7, 11) is 0. The monoisotopic (exact) mass is 388 g/mol. The van der Waals surface area contributed by atoms with Crippen LogP contribution in [0.3, 0.4) is 0 Å². The van der Waals surface area contributed by atoms with E-state index in [4.69, 9.17) is 9.47 Å². The lowest BCUT2D eigenvalue weighted by Crippen LogP contribution is -2.52. The van der Waals surface area contributed by atoms with Crippen LogP contribution in [0.2, 0.25) is 0 Å². The Hall–Kier alpha value is -3.30. The third kappa shape index (κ3) is 3.21. The number of hydrogen-bond donors (Lipinski definition) is 3. The molecule has 4 rings (SSSR count). The highest BCUT2D eigenvalue weighted by atomic mass is 16.7. The highest BCUT2D eigenvalue weighted by molar-refractivity contribution is 6.08. The zero-order valence-electron chi connectivity index (χ0n) is 15.1. The second-order valence-corrected chi connectivity index (χ2v) is 7.00. The summed E-state index contributed by atoms with van der Waals surface area (Å²) in [5, 5.41) is 5.85. The highest BCUT2D eigenvalue weighted by Crippen LogP contribution is 2.33. The summed E-state index contributed by atoms with van der Waals surface area (Å²) in [6.07, 6.45) is 3.83. The van der Waals surface area contributed by atoms with E-state index >= 15 is 0 Å². The fourth-order valence-electron chi connectivity index (χ4n) is 3.68. The second-order valence-electron chi connectivity index (χ2n) is 7.00. The molecule has 2 aliphatic heterocycles.